The molecule has 30 heavy (non-hydrogen) atoms. The fraction of sp³-hybridized carbons (Fsp3) is 0.0435. The number of non-ortho nitro benzene ring substituents is 1. The highest BCUT2D eigenvalue weighted by Crippen LogP contribution is 2.26. The Balaban J connectivity index is 1.82. The van der Waals surface area contributed by atoms with Gasteiger partial charge in [0.15, 0.2) is 0 Å². The lowest BCUT2D eigenvalue weighted by molar-refractivity contribution is -0.384. The highest BCUT2D eigenvalue weighted by Gasteiger charge is 2.09. The number of benzene rings is 3. The van der Waals surface area contributed by atoms with Crippen LogP contribution >= 0.6 is 0 Å². The van der Waals surface area contributed by atoms with Crippen LogP contribution in [0.2, 0.25) is 0 Å². The van der Waals surface area contributed by atoms with Crippen molar-refractivity contribution in [1.29, 1.82) is 5.26 Å². The van der Waals surface area contributed by atoms with Gasteiger partial charge in [0.1, 0.15) is 12.4 Å². The summed E-state index contributed by atoms with van der Waals surface area (Å²) < 4.78 is 5.86. The number of carboxylic acids is 1. The van der Waals surface area contributed by atoms with Gasteiger partial charge in [-0.05, 0) is 47.5 Å². The van der Waals surface area contributed by atoms with Gasteiger partial charge in [0.25, 0.3) is 5.69 Å². The Morgan fingerprint density at radius 2 is 1.67 bits per heavy atom. The molecular formula is C23H16N2O5. The molecule has 0 saturated heterocycles. The maximum atomic E-state index is 10.9. The van der Waals surface area contributed by atoms with E-state index >= 15 is 0 Å². The van der Waals surface area contributed by atoms with Crippen molar-refractivity contribution in [2.45, 2.75) is 6.61 Å². The first-order valence-corrected chi connectivity index (χ1v) is 8.88. The number of rotatable bonds is 7. The summed E-state index contributed by atoms with van der Waals surface area (Å²) >= 11 is 0. The second kappa shape index (κ2) is 9.17. The zero-order valence-electron chi connectivity index (χ0n) is 15.7. The summed E-state index contributed by atoms with van der Waals surface area (Å²) in [5.74, 6) is -0.442. The topological polar surface area (TPSA) is 113 Å². The molecule has 0 aliphatic rings. The molecule has 3 aromatic rings. The van der Waals surface area contributed by atoms with E-state index in [1.165, 1.54) is 36.4 Å². The van der Waals surface area contributed by atoms with E-state index in [1.54, 1.807) is 36.4 Å². The van der Waals surface area contributed by atoms with Crippen molar-refractivity contribution in [2.75, 3.05) is 0 Å². The number of nitriles is 1. The van der Waals surface area contributed by atoms with Gasteiger partial charge in [-0.2, -0.15) is 5.26 Å². The van der Waals surface area contributed by atoms with Crippen LogP contribution < -0.4 is 4.74 Å². The number of nitro groups is 1. The monoisotopic (exact) mass is 400 g/mol. The molecule has 1 N–H and O–H groups in total. The van der Waals surface area contributed by atoms with Gasteiger partial charge in [0, 0.05) is 17.7 Å². The fourth-order valence-corrected chi connectivity index (χ4v) is 2.73. The Morgan fingerprint density at radius 3 is 2.27 bits per heavy atom. The van der Waals surface area contributed by atoms with E-state index in [0.717, 1.165) is 5.56 Å². The second-order valence-corrected chi connectivity index (χ2v) is 6.30. The van der Waals surface area contributed by atoms with Crippen molar-refractivity contribution < 1.29 is 19.6 Å². The summed E-state index contributed by atoms with van der Waals surface area (Å²) in [7, 11) is 0. The van der Waals surface area contributed by atoms with E-state index < -0.39 is 10.9 Å². The fourth-order valence-electron chi connectivity index (χ4n) is 2.73. The van der Waals surface area contributed by atoms with Crippen LogP contribution in [-0.4, -0.2) is 16.0 Å². The first-order chi connectivity index (χ1) is 14.5. The van der Waals surface area contributed by atoms with Gasteiger partial charge in [-0.15, -0.1) is 0 Å². The van der Waals surface area contributed by atoms with Crippen LogP contribution in [0.4, 0.5) is 5.69 Å². The van der Waals surface area contributed by atoms with Crippen LogP contribution in [0, 0.1) is 21.4 Å². The maximum Gasteiger partial charge on any atom is 0.335 e. The van der Waals surface area contributed by atoms with Crippen molar-refractivity contribution in [2.24, 2.45) is 0 Å². The lowest BCUT2D eigenvalue weighted by Gasteiger charge is -2.10. The molecule has 7 heteroatoms. The Bertz CT molecular complexity index is 1140. The normalized spacial score (nSPS) is 10.8. The van der Waals surface area contributed by atoms with E-state index in [-0.39, 0.29) is 17.9 Å². The molecule has 0 radical (unpaired) electrons. The van der Waals surface area contributed by atoms with E-state index in [2.05, 4.69) is 6.07 Å². The molecule has 0 heterocycles. The van der Waals surface area contributed by atoms with Crippen molar-refractivity contribution in [1.82, 2.24) is 0 Å². The zero-order valence-corrected chi connectivity index (χ0v) is 15.7. The highest BCUT2D eigenvalue weighted by molar-refractivity contribution is 5.90. The standard InChI is InChI=1S/C23H16N2O5/c24-14-20(17-9-11-21(12-10-17)25(28)29)13-19-3-1-2-4-22(19)30-15-16-5-7-18(8-6-16)23(26)27/h1-13H,15H2,(H,26,27)/b20-13-. The van der Waals surface area contributed by atoms with Gasteiger partial charge in [-0.3, -0.25) is 10.1 Å². The zero-order chi connectivity index (χ0) is 21.5. The summed E-state index contributed by atoms with van der Waals surface area (Å²) in [5.41, 5.74) is 2.52. The molecule has 3 rings (SSSR count). The first-order valence-electron chi connectivity index (χ1n) is 8.88. The number of para-hydroxylation sites is 1. The minimum atomic E-state index is -0.992. The third-order valence-corrected chi connectivity index (χ3v) is 4.32. The molecule has 7 nitrogen and oxygen atoms in total. The Kier molecular flexibility index (Phi) is 6.20. The van der Waals surface area contributed by atoms with E-state index in [9.17, 15) is 20.2 Å². The third kappa shape index (κ3) is 4.88. The molecule has 0 spiro atoms. The largest absolute Gasteiger partial charge is 0.488 e. The first kappa shape index (κ1) is 20.3. The number of carbonyl (C=O) groups is 1. The lowest BCUT2D eigenvalue weighted by Crippen LogP contribution is -1.99. The van der Waals surface area contributed by atoms with Gasteiger partial charge in [-0.25, -0.2) is 4.79 Å². The van der Waals surface area contributed by atoms with Crippen molar-refractivity contribution in [3.8, 4) is 11.8 Å². The van der Waals surface area contributed by atoms with Crippen LogP contribution in [0.15, 0.2) is 72.8 Å². The summed E-state index contributed by atoms with van der Waals surface area (Å²) in [6.45, 7) is 0.226. The number of nitrogens with zero attached hydrogens (tertiary/aromatic N) is 2. The number of carboxylic acid groups (broad SMARTS) is 1. The quantitative estimate of drug-likeness (QED) is 0.260. The van der Waals surface area contributed by atoms with E-state index in [0.29, 0.717) is 22.4 Å². The molecule has 0 aliphatic carbocycles. The minimum Gasteiger partial charge on any atom is -0.488 e. The molecule has 0 amide bonds. The number of ether oxygens (including phenoxy) is 1. The third-order valence-electron chi connectivity index (χ3n) is 4.32. The molecule has 0 unspecified atom stereocenters. The predicted molar refractivity (Wildman–Crippen MR) is 111 cm³/mol. The number of aromatic carboxylic acids is 1. The van der Waals surface area contributed by atoms with Gasteiger partial charge < -0.3 is 9.84 Å². The Hall–Kier alpha value is -4.44. The number of hydrogen-bond acceptors (Lipinski definition) is 5. The summed E-state index contributed by atoms with van der Waals surface area (Å²) in [6, 6.07) is 21.4. The van der Waals surface area contributed by atoms with Crippen LogP contribution in [0.3, 0.4) is 0 Å². The Labute approximate surface area is 172 Å². The van der Waals surface area contributed by atoms with E-state index in [4.69, 9.17) is 9.84 Å². The van der Waals surface area contributed by atoms with Crippen molar-refractivity contribution in [3.05, 3.63) is 105 Å². The van der Waals surface area contributed by atoms with Crippen LogP contribution in [0.5, 0.6) is 5.75 Å². The van der Waals surface area contributed by atoms with Gasteiger partial charge in [-0.1, -0.05) is 30.3 Å². The highest BCUT2D eigenvalue weighted by atomic mass is 16.6. The van der Waals surface area contributed by atoms with Gasteiger partial charge >= 0.3 is 5.97 Å². The maximum absolute atomic E-state index is 10.9. The molecule has 0 aliphatic heterocycles. The average molecular weight is 400 g/mol. The smallest absolute Gasteiger partial charge is 0.335 e. The predicted octanol–water partition coefficient (Wildman–Crippen LogP) is 4.94. The Morgan fingerprint density at radius 1 is 1.03 bits per heavy atom. The molecule has 0 saturated carbocycles. The number of allylic oxidation sites excluding steroid dienone is 1. The number of hydrogen-bond donors (Lipinski definition) is 1. The summed E-state index contributed by atoms with van der Waals surface area (Å²) in [4.78, 5) is 21.3. The van der Waals surface area contributed by atoms with Crippen LogP contribution in [0.1, 0.15) is 27.0 Å². The number of nitro benzene ring substituents is 1. The van der Waals surface area contributed by atoms with Gasteiger partial charge in [0.05, 0.1) is 22.1 Å². The molecule has 0 fully saturated rings. The van der Waals surface area contributed by atoms with E-state index in [1.807, 2.05) is 6.07 Å². The molecule has 148 valence electrons. The molecule has 0 bridgehead atoms. The summed E-state index contributed by atoms with van der Waals surface area (Å²) in [5, 5.41) is 29.3. The summed E-state index contributed by atoms with van der Waals surface area (Å²) in [6.07, 6.45) is 1.66. The lowest BCUT2D eigenvalue weighted by atomic mass is 10.0. The molecule has 0 aromatic heterocycles. The average Bonchev–Trinajstić information content (AvgIpc) is 2.77. The van der Waals surface area contributed by atoms with Crippen molar-refractivity contribution in [3.63, 3.8) is 0 Å². The van der Waals surface area contributed by atoms with Crippen LogP contribution in [0.25, 0.3) is 11.6 Å². The van der Waals surface area contributed by atoms with Gasteiger partial charge in [0.2, 0.25) is 0 Å². The second-order valence-electron chi connectivity index (χ2n) is 6.30. The SMILES string of the molecule is N#C/C(=C/c1ccccc1OCc1ccc(C(=O)O)cc1)c1ccc([N+](=O)[O-])cc1. The molecule has 0 atom stereocenters. The van der Waals surface area contributed by atoms with Crippen molar-refractivity contribution >= 4 is 23.3 Å². The molecule has 3 aromatic carbocycles. The van der Waals surface area contributed by atoms with Crippen LogP contribution in [-0.2, 0) is 6.61 Å². The molecular weight excluding hydrogens is 384 g/mol. The minimum absolute atomic E-state index is 0.0475.